The third kappa shape index (κ3) is 7.53. The first-order valence-electron chi connectivity index (χ1n) is 14.4. The highest BCUT2D eigenvalue weighted by molar-refractivity contribution is 7.89. The molecule has 0 unspecified atom stereocenters. The van der Waals surface area contributed by atoms with Gasteiger partial charge in [-0.05, 0) is 99.5 Å². The van der Waals surface area contributed by atoms with E-state index in [1.54, 1.807) is 35.7 Å². The van der Waals surface area contributed by atoms with Gasteiger partial charge in [0.25, 0.3) is 0 Å². The maximum absolute atomic E-state index is 13.8. The Bertz CT molecular complexity index is 1790. The first kappa shape index (κ1) is 31.8. The van der Waals surface area contributed by atoms with Gasteiger partial charge in [0.05, 0.1) is 23.0 Å². The van der Waals surface area contributed by atoms with E-state index in [0.29, 0.717) is 54.8 Å². The maximum Gasteiger partial charge on any atom is 0.243 e. The number of pyridine rings is 2. The van der Waals surface area contributed by atoms with E-state index in [1.165, 1.54) is 0 Å². The molecule has 230 valence electrons. The molecule has 0 aliphatic heterocycles. The second kappa shape index (κ2) is 14.0. The minimum Gasteiger partial charge on any atom is -0.497 e. The largest absolute Gasteiger partial charge is 0.497 e. The fourth-order valence-corrected chi connectivity index (χ4v) is 7.02. The number of hydrogen-bond acceptors (Lipinski definition) is 7. The van der Waals surface area contributed by atoms with Gasteiger partial charge in [0.1, 0.15) is 5.75 Å². The summed E-state index contributed by atoms with van der Waals surface area (Å²) in [5, 5.41) is 10.1. The molecular weight excluding hydrogens is 617 g/mol. The first-order valence-corrected chi connectivity index (χ1v) is 16.6. The number of aromatic nitrogens is 2. The van der Waals surface area contributed by atoms with Gasteiger partial charge in [-0.15, -0.1) is 0 Å². The molecule has 11 heteroatoms. The molecule has 2 heterocycles. The van der Waals surface area contributed by atoms with E-state index in [-0.39, 0.29) is 4.90 Å². The lowest BCUT2D eigenvalue weighted by Gasteiger charge is -2.23. The molecule has 3 aromatic carbocycles. The quantitative estimate of drug-likeness (QED) is 0.126. The highest BCUT2D eigenvalue weighted by Crippen LogP contribution is 2.28. The fourth-order valence-electron chi connectivity index (χ4n) is 5.16. The number of methoxy groups -OCH3 is 1. The molecule has 0 aliphatic rings. The zero-order valence-corrected chi connectivity index (χ0v) is 27.2. The smallest absolute Gasteiger partial charge is 0.243 e. The molecule has 5 aromatic rings. The second-order valence-corrected chi connectivity index (χ2v) is 13.4. The molecule has 0 fully saturated rings. The van der Waals surface area contributed by atoms with Gasteiger partial charge in [0.2, 0.25) is 10.0 Å². The zero-order valence-electron chi connectivity index (χ0n) is 24.9. The maximum atomic E-state index is 13.8. The molecule has 0 saturated carbocycles. The number of fused-ring (bicyclic) bond motifs is 2. The van der Waals surface area contributed by atoms with Crippen molar-refractivity contribution in [3.63, 3.8) is 0 Å². The Morgan fingerprint density at radius 1 is 0.727 bits per heavy atom. The van der Waals surface area contributed by atoms with Crippen LogP contribution in [0.25, 0.3) is 21.8 Å². The standard InChI is InChI=1S/C33H35Cl2N5O3S/c1-22-18-32(28-20-24(34)6-12-30(28)38-22)36-14-4-16-40(44(41,42)27-10-8-26(43-3)9-11-27)17-5-15-37-33-19-23(2)39-31-13-7-25(35)21-29(31)33/h6-13,18-21H,4-5,14-17H2,1-3H3,(H,36,38)(H,37,39). The van der Waals surface area contributed by atoms with Crippen LogP contribution in [0.15, 0.2) is 77.7 Å². The number of sulfonamides is 1. The molecule has 0 bridgehead atoms. The third-order valence-electron chi connectivity index (χ3n) is 7.29. The van der Waals surface area contributed by atoms with Crippen molar-refractivity contribution in [2.45, 2.75) is 31.6 Å². The van der Waals surface area contributed by atoms with E-state index in [2.05, 4.69) is 20.6 Å². The predicted molar refractivity (Wildman–Crippen MR) is 181 cm³/mol. The molecule has 0 amide bonds. The van der Waals surface area contributed by atoms with E-state index in [9.17, 15) is 8.42 Å². The van der Waals surface area contributed by atoms with E-state index < -0.39 is 10.0 Å². The number of hydrogen-bond donors (Lipinski definition) is 2. The molecule has 0 atom stereocenters. The van der Waals surface area contributed by atoms with Crippen LogP contribution in [-0.2, 0) is 10.0 Å². The van der Waals surface area contributed by atoms with Crippen molar-refractivity contribution in [1.29, 1.82) is 0 Å². The summed E-state index contributed by atoms with van der Waals surface area (Å²) in [6.45, 7) is 5.72. The van der Waals surface area contributed by atoms with Gasteiger partial charge in [0.15, 0.2) is 0 Å². The van der Waals surface area contributed by atoms with Crippen LogP contribution in [0, 0.1) is 13.8 Å². The summed E-state index contributed by atoms with van der Waals surface area (Å²) >= 11 is 12.5. The highest BCUT2D eigenvalue weighted by Gasteiger charge is 2.24. The minimum absolute atomic E-state index is 0.231. The second-order valence-electron chi connectivity index (χ2n) is 10.6. The Morgan fingerprint density at radius 2 is 1.20 bits per heavy atom. The normalized spacial score (nSPS) is 11.8. The monoisotopic (exact) mass is 651 g/mol. The van der Waals surface area contributed by atoms with Crippen molar-refractivity contribution in [2.24, 2.45) is 0 Å². The Hall–Kier alpha value is -3.63. The average molecular weight is 653 g/mol. The number of nitrogens with one attached hydrogen (secondary N) is 2. The summed E-state index contributed by atoms with van der Waals surface area (Å²) in [4.78, 5) is 9.41. The molecule has 0 aliphatic carbocycles. The topological polar surface area (TPSA) is 96.5 Å². The van der Waals surface area contributed by atoms with Crippen LogP contribution in [0.4, 0.5) is 11.4 Å². The summed E-state index contributed by atoms with van der Waals surface area (Å²) in [5.74, 6) is 0.601. The van der Waals surface area contributed by atoms with E-state index >= 15 is 0 Å². The van der Waals surface area contributed by atoms with Crippen molar-refractivity contribution >= 4 is 66.4 Å². The zero-order chi connectivity index (χ0) is 31.3. The number of ether oxygens (including phenoxy) is 1. The third-order valence-corrected chi connectivity index (χ3v) is 9.68. The van der Waals surface area contributed by atoms with Crippen molar-refractivity contribution in [3.8, 4) is 5.75 Å². The number of rotatable bonds is 13. The molecule has 5 rings (SSSR count). The van der Waals surface area contributed by atoms with E-state index in [0.717, 1.165) is 44.6 Å². The van der Waals surface area contributed by atoms with E-state index in [4.69, 9.17) is 27.9 Å². The summed E-state index contributed by atoms with van der Waals surface area (Å²) in [6.07, 6.45) is 1.19. The predicted octanol–water partition coefficient (Wildman–Crippen LogP) is 7.71. The van der Waals surface area contributed by atoms with Crippen LogP contribution < -0.4 is 15.4 Å². The van der Waals surface area contributed by atoms with Crippen molar-refractivity contribution in [3.05, 3.63) is 94.2 Å². The van der Waals surface area contributed by atoms with Gasteiger partial charge in [-0.3, -0.25) is 9.97 Å². The Labute approximate surface area is 268 Å². The van der Waals surface area contributed by atoms with Crippen molar-refractivity contribution in [2.75, 3.05) is 43.9 Å². The molecule has 2 aromatic heterocycles. The molecule has 8 nitrogen and oxygen atoms in total. The lowest BCUT2D eigenvalue weighted by Crippen LogP contribution is -2.34. The van der Waals surface area contributed by atoms with Gasteiger partial charge in [-0.1, -0.05) is 23.2 Å². The SMILES string of the molecule is COc1ccc(S(=O)(=O)N(CCCNc2cc(C)nc3ccc(Cl)cc23)CCCNc2cc(C)nc3ccc(Cl)cc23)cc1. The summed E-state index contributed by atoms with van der Waals surface area (Å²) in [5.41, 5.74) is 5.32. The van der Waals surface area contributed by atoms with Gasteiger partial charge in [0, 0.05) is 69.8 Å². The van der Waals surface area contributed by atoms with Gasteiger partial charge >= 0.3 is 0 Å². The fraction of sp³-hybridized carbons (Fsp3) is 0.273. The number of aryl methyl sites for hydroxylation is 2. The molecule has 0 spiro atoms. The Balaban J connectivity index is 1.28. The first-order chi connectivity index (χ1) is 21.1. The van der Waals surface area contributed by atoms with Crippen LogP contribution in [0.1, 0.15) is 24.2 Å². The number of anilines is 2. The van der Waals surface area contributed by atoms with Gasteiger partial charge in [-0.25, -0.2) is 8.42 Å². The lowest BCUT2D eigenvalue weighted by atomic mass is 10.1. The molecule has 2 N–H and O–H groups in total. The van der Waals surface area contributed by atoms with Crippen molar-refractivity contribution in [1.82, 2.24) is 14.3 Å². The van der Waals surface area contributed by atoms with Gasteiger partial charge < -0.3 is 15.4 Å². The number of halogens is 2. The summed E-state index contributed by atoms with van der Waals surface area (Å²) in [6, 6.07) is 21.7. The van der Waals surface area contributed by atoms with Crippen LogP contribution >= 0.6 is 23.2 Å². The molecule has 0 radical (unpaired) electrons. The highest BCUT2D eigenvalue weighted by atomic mass is 35.5. The Kier molecular flexibility index (Phi) is 10.1. The number of nitrogens with zero attached hydrogens (tertiary/aromatic N) is 3. The van der Waals surface area contributed by atoms with E-state index in [1.807, 2.05) is 62.4 Å². The van der Waals surface area contributed by atoms with Crippen LogP contribution in [0.2, 0.25) is 10.0 Å². The minimum atomic E-state index is -3.74. The van der Waals surface area contributed by atoms with Crippen LogP contribution in [0.5, 0.6) is 5.75 Å². The van der Waals surface area contributed by atoms with Crippen molar-refractivity contribution < 1.29 is 13.2 Å². The summed E-state index contributed by atoms with van der Waals surface area (Å²) in [7, 11) is -2.19. The van der Waals surface area contributed by atoms with Gasteiger partial charge in [-0.2, -0.15) is 4.31 Å². The molecule has 0 saturated heterocycles. The summed E-state index contributed by atoms with van der Waals surface area (Å²) < 4.78 is 34.3. The number of benzene rings is 3. The molecular formula is C33H35Cl2N5O3S. The van der Waals surface area contributed by atoms with Crippen LogP contribution in [0.3, 0.4) is 0 Å². The Morgan fingerprint density at radius 3 is 1.66 bits per heavy atom. The molecule has 44 heavy (non-hydrogen) atoms. The lowest BCUT2D eigenvalue weighted by molar-refractivity contribution is 0.404. The average Bonchev–Trinajstić information content (AvgIpc) is 3.00. The van der Waals surface area contributed by atoms with Crippen LogP contribution in [-0.4, -0.2) is 56.0 Å².